The minimum absolute atomic E-state index is 0.851. The summed E-state index contributed by atoms with van der Waals surface area (Å²) in [6, 6.07) is 0. The van der Waals surface area contributed by atoms with Crippen LogP contribution in [0.3, 0.4) is 0 Å². The van der Waals surface area contributed by atoms with E-state index in [9.17, 15) is 13.2 Å². The van der Waals surface area contributed by atoms with Crippen molar-refractivity contribution in [1.82, 2.24) is 0 Å². The Morgan fingerprint density at radius 1 is 1.09 bits per heavy atom. The Bertz CT molecular complexity index is 165. The second-order valence-electron chi connectivity index (χ2n) is 1.53. The minimum atomic E-state index is -4.35. The van der Waals surface area contributed by atoms with E-state index in [0.29, 0.717) is 0 Å². The third kappa shape index (κ3) is 6.60. The molecule has 0 unspecified atom stereocenters. The molecule has 0 heterocycles. The number of hydrogen-bond acceptors (Lipinski definition) is 0. The van der Waals surface area contributed by atoms with Crippen LogP contribution in [0, 0.1) is 0 Å². The summed E-state index contributed by atoms with van der Waals surface area (Å²) in [7, 11) is 0. The number of rotatable bonds is 0. The highest BCUT2D eigenvalue weighted by atomic mass is 80.0. The Hall–Kier alpha value is 1.45. The molecule has 0 rings (SSSR count). The van der Waals surface area contributed by atoms with Crippen molar-refractivity contribution < 1.29 is 13.2 Å². The molecule has 0 nitrogen and oxygen atoms in total. The third-order valence-electron chi connectivity index (χ3n) is 0.561. The quantitative estimate of drug-likeness (QED) is 0.495. The van der Waals surface area contributed by atoms with Crippen molar-refractivity contribution in [2.75, 3.05) is 0 Å². The third-order valence-corrected chi connectivity index (χ3v) is 1.93. The van der Waals surface area contributed by atoms with Crippen LogP contribution in [0.15, 0.2) is 10.6 Å². The molecule has 0 aromatic rings. The maximum Gasteiger partial charge on any atom is 0.422 e. The molecule has 7 heteroatoms. The Kier molecular flexibility index (Phi) is 4.65. The average Bonchev–Trinajstić information content (AvgIpc) is 1.56. The summed E-state index contributed by atoms with van der Waals surface area (Å²) in [6.45, 7) is 0. The number of hydrogen-bond donors (Lipinski definition) is 0. The summed E-state index contributed by atoms with van der Waals surface area (Å²) in [5.74, 6) is 0. The molecule has 0 atom stereocenters. The van der Waals surface area contributed by atoms with Gasteiger partial charge in [-0.05, 0) is 22.0 Å². The molecule has 0 aliphatic rings. The fourth-order valence-electron chi connectivity index (χ4n) is 0.226. The number of halogens is 7. The maximum atomic E-state index is 11.8. The molecular weight excluding hydrogens is 425 g/mol. The van der Waals surface area contributed by atoms with E-state index in [4.69, 9.17) is 0 Å². The molecule has 0 saturated carbocycles. The predicted molar refractivity (Wildman–Crippen MR) is 52.6 cm³/mol. The van der Waals surface area contributed by atoms with E-state index in [-0.39, 0.29) is 0 Å². The van der Waals surface area contributed by atoms with Crippen LogP contribution in [0.4, 0.5) is 13.2 Å². The molecule has 0 amide bonds. The maximum absolute atomic E-state index is 11.8. The molecule has 0 saturated heterocycles. The van der Waals surface area contributed by atoms with Gasteiger partial charge in [0.15, 0.2) is 2.14 Å². The summed E-state index contributed by atoms with van der Waals surface area (Å²) in [5, 5.41) is 0. The van der Waals surface area contributed by atoms with E-state index in [1.807, 2.05) is 0 Å². The zero-order valence-corrected chi connectivity index (χ0v) is 11.1. The molecule has 11 heavy (non-hydrogen) atoms. The molecule has 0 aromatic carbocycles. The van der Waals surface area contributed by atoms with Crippen LogP contribution in [0.1, 0.15) is 0 Å². The van der Waals surface area contributed by atoms with Crippen molar-refractivity contribution in [1.29, 1.82) is 0 Å². The fourth-order valence-corrected chi connectivity index (χ4v) is 2.18. The van der Waals surface area contributed by atoms with E-state index in [1.54, 1.807) is 0 Å². The van der Waals surface area contributed by atoms with Crippen molar-refractivity contribution in [3.8, 4) is 0 Å². The van der Waals surface area contributed by atoms with Gasteiger partial charge in [0.25, 0.3) is 0 Å². The first-order chi connectivity index (χ1) is 4.63. The second-order valence-corrected chi connectivity index (χ2v) is 9.33. The molecule has 0 radical (unpaired) electrons. The van der Waals surface area contributed by atoms with Gasteiger partial charge in [0, 0.05) is 0 Å². The molecule has 0 N–H and O–H groups in total. The molecule has 0 aliphatic carbocycles. The van der Waals surface area contributed by atoms with Gasteiger partial charge in [0.1, 0.15) is 0 Å². The van der Waals surface area contributed by atoms with E-state index < -0.39 is 12.8 Å². The molecule has 0 aliphatic heterocycles. The van der Waals surface area contributed by atoms with Crippen LogP contribution < -0.4 is 0 Å². The van der Waals surface area contributed by atoms with Gasteiger partial charge >= 0.3 is 6.18 Å². The summed E-state index contributed by atoms with van der Waals surface area (Å²) in [4.78, 5) is 0. The van der Waals surface area contributed by atoms with Gasteiger partial charge in [-0.3, -0.25) is 0 Å². The lowest BCUT2D eigenvalue weighted by molar-refractivity contribution is -0.0829. The molecular formula is C4HBr4F3. The zero-order valence-electron chi connectivity index (χ0n) is 4.72. The van der Waals surface area contributed by atoms with Crippen molar-refractivity contribution in [3.05, 3.63) is 10.6 Å². The normalized spacial score (nSPS) is 15.4. The molecule has 0 spiro atoms. The van der Waals surface area contributed by atoms with Crippen LogP contribution >= 0.6 is 63.7 Å². The first kappa shape index (κ1) is 12.4. The van der Waals surface area contributed by atoms with Crippen LogP contribution in [-0.2, 0) is 0 Å². The highest BCUT2D eigenvalue weighted by Gasteiger charge is 2.34. The first-order valence-corrected chi connectivity index (χ1v) is 5.32. The van der Waals surface area contributed by atoms with Gasteiger partial charge in [-0.15, -0.1) is 0 Å². The van der Waals surface area contributed by atoms with Crippen LogP contribution in [-0.4, -0.2) is 8.32 Å². The predicted octanol–water partition coefficient (Wildman–Crippen LogP) is 4.67. The standard InChI is InChI=1S/C4HBr4F3/c5-2(4(9,10)11)1-3(6,7)8/h1H. The summed E-state index contributed by atoms with van der Waals surface area (Å²) in [5.41, 5.74) is 0. The van der Waals surface area contributed by atoms with E-state index in [2.05, 4.69) is 63.7 Å². The SMILES string of the molecule is FC(F)(F)C(Br)=CC(Br)(Br)Br. The summed E-state index contributed by atoms with van der Waals surface area (Å²) >= 11 is 11.1. The Balaban J connectivity index is 4.49. The van der Waals surface area contributed by atoms with Crippen molar-refractivity contribution in [3.63, 3.8) is 0 Å². The lowest BCUT2D eigenvalue weighted by Gasteiger charge is -2.09. The van der Waals surface area contributed by atoms with E-state index >= 15 is 0 Å². The summed E-state index contributed by atoms with van der Waals surface area (Å²) in [6.07, 6.45) is -3.45. The van der Waals surface area contributed by atoms with Gasteiger partial charge in [0.05, 0.1) is 4.48 Å². The second kappa shape index (κ2) is 4.11. The largest absolute Gasteiger partial charge is 0.422 e. The van der Waals surface area contributed by atoms with E-state index in [1.165, 1.54) is 0 Å². The first-order valence-electron chi connectivity index (χ1n) is 2.15. The van der Waals surface area contributed by atoms with Gasteiger partial charge in [-0.25, -0.2) is 0 Å². The highest BCUT2D eigenvalue weighted by Crippen LogP contribution is 2.40. The lowest BCUT2D eigenvalue weighted by Crippen LogP contribution is -2.09. The van der Waals surface area contributed by atoms with Crippen LogP contribution in [0.25, 0.3) is 0 Å². The minimum Gasteiger partial charge on any atom is -0.166 e. The smallest absolute Gasteiger partial charge is 0.166 e. The highest BCUT2D eigenvalue weighted by molar-refractivity contribution is 9.39. The zero-order chi connectivity index (χ0) is 9.28. The Morgan fingerprint density at radius 2 is 1.45 bits per heavy atom. The van der Waals surface area contributed by atoms with Gasteiger partial charge in [-0.1, -0.05) is 47.8 Å². The summed E-state index contributed by atoms with van der Waals surface area (Å²) < 4.78 is 33.5. The number of allylic oxidation sites excluding steroid dienone is 2. The number of alkyl halides is 6. The average molecular weight is 426 g/mol. The van der Waals surface area contributed by atoms with Crippen molar-refractivity contribution >= 4 is 63.7 Å². The van der Waals surface area contributed by atoms with Gasteiger partial charge in [0.2, 0.25) is 0 Å². The van der Waals surface area contributed by atoms with E-state index in [0.717, 1.165) is 6.08 Å². The van der Waals surface area contributed by atoms with Crippen molar-refractivity contribution in [2.45, 2.75) is 8.32 Å². The topological polar surface area (TPSA) is 0 Å². The molecule has 0 bridgehead atoms. The van der Waals surface area contributed by atoms with Crippen LogP contribution in [0.2, 0.25) is 0 Å². The van der Waals surface area contributed by atoms with Crippen molar-refractivity contribution in [2.24, 2.45) is 0 Å². The van der Waals surface area contributed by atoms with Gasteiger partial charge in [-0.2, -0.15) is 13.2 Å². The monoisotopic (exact) mass is 422 g/mol. The molecule has 66 valence electrons. The molecule has 0 fully saturated rings. The van der Waals surface area contributed by atoms with Gasteiger partial charge < -0.3 is 0 Å². The Morgan fingerprint density at radius 3 is 1.55 bits per heavy atom. The Labute approximate surface area is 95.1 Å². The van der Waals surface area contributed by atoms with Crippen LogP contribution in [0.5, 0.6) is 0 Å². The fraction of sp³-hybridized carbons (Fsp3) is 0.500. The molecule has 0 aromatic heterocycles. The lowest BCUT2D eigenvalue weighted by atomic mass is 10.5.